The summed E-state index contributed by atoms with van der Waals surface area (Å²) >= 11 is 0. The van der Waals surface area contributed by atoms with Crippen molar-refractivity contribution in [3.8, 4) is 5.75 Å². The molecule has 1 aliphatic heterocycles. The molecule has 0 aliphatic carbocycles. The first-order valence-corrected chi connectivity index (χ1v) is 15.3. The summed E-state index contributed by atoms with van der Waals surface area (Å²) in [6.45, 7) is 0.119. The van der Waals surface area contributed by atoms with E-state index in [-0.39, 0.29) is 32.3 Å². The SMILES string of the molecule is O=C1N(Cc2ccccc2)C(c2ccccc2)[C@H](O)[C@@H](O)[C@@H](Cc2ccc(OCO[PH](=O)O)cc2)N1Cc1ccccc1. The van der Waals surface area contributed by atoms with Gasteiger partial charge in [-0.05, 0) is 40.8 Å². The second-order valence-electron chi connectivity index (χ2n) is 10.4. The molecule has 1 saturated heterocycles. The number of hydrogen-bond donors (Lipinski definition) is 3. The molecule has 0 bridgehead atoms. The molecule has 1 fully saturated rings. The molecule has 4 aromatic rings. The van der Waals surface area contributed by atoms with E-state index in [1.165, 1.54) is 0 Å². The molecular weight excluding hydrogens is 567 g/mol. The molecule has 1 aliphatic rings. The summed E-state index contributed by atoms with van der Waals surface area (Å²) in [7, 11) is -3.10. The van der Waals surface area contributed by atoms with Crippen molar-refractivity contribution in [2.24, 2.45) is 0 Å². The highest BCUT2D eigenvalue weighted by Crippen LogP contribution is 2.36. The van der Waals surface area contributed by atoms with E-state index in [1.807, 2.05) is 91.0 Å². The Kier molecular flexibility index (Phi) is 10.3. The third-order valence-corrected chi connectivity index (χ3v) is 7.97. The van der Waals surface area contributed by atoms with Crippen LogP contribution in [0.5, 0.6) is 5.75 Å². The Hall–Kier alpha value is -3.98. The number of carbonyl (C=O) groups excluding carboxylic acids is 1. The van der Waals surface area contributed by atoms with Gasteiger partial charge in [-0.2, -0.15) is 0 Å². The van der Waals surface area contributed by atoms with Gasteiger partial charge in [-0.1, -0.05) is 103 Å². The minimum Gasteiger partial charge on any atom is -0.467 e. The minimum atomic E-state index is -3.10. The number of benzene rings is 4. The summed E-state index contributed by atoms with van der Waals surface area (Å²) in [6.07, 6.45) is -2.29. The Morgan fingerprint density at radius 2 is 1.21 bits per heavy atom. The number of hydrogen-bond acceptors (Lipinski definition) is 6. The topological polar surface area (TPSA) is 120 Å². The van der Waals surface area contributed by atoms with E-state index < -0.39 is 32.5 Å². The fourth-order valence-electron chi connectivity index (χ4n) is 5.49. The molecule has 5 atom stereocenters. The first-order chi connectivity index (χ1) is 20.9. The van der Waals surface area contributed by atoms with Gasteiger partial charge < -0.3 is 29.6 Å². The molecule has 0 radical (unpaired) electrons. The molecule has 10 heteroatoms. The number of amides is 2. The number of ether oxygens (including phenoxy) is 1. The lowest BCUT2D eigenvalue weighted by atomic mass is 9.90. The third kappa shape index (κ3) is 7.70. The quantitative estimate of drug-likeness (QED) is 0.164. The highest BCUT2D eigenvalue weighted by Gasteiger charge is 2.46. The van der Waals surface area contributed by atoms with E-state index in [4.69, 9.17) is 9.63 Å². The van der Waals surface area contributed by atoms with Crippen molar-refractivity contribution in [3.05, 3.63) is 138 Å². The lowest BCUT2D eigenvalue weighted by molar-refractivity contribution is -0.0418. The number of aliphatic hydroxyl groups excluding tert-OH is 2. The average molecular weight is 603 g/mol. The van der Waals surface area contributed by atoms with Gasteiger partial charge in [0.15, 0.2) is 6.79 Å². The van der Waals surface area contributed by atoms with Crippen LogP contribution in [0.4, 0.5) is 4.79 Å². The monoisotopic (exact) mass is 602 g/mol. The molecule has 5 rings (SSSR count). The second kappa shape index (κ2) is 14.5. The van der Waals surface area contributed by atoms with Crippen LogP contribution in [0.1, 0.15) is 28.3 Å². The lowest BCUT2D eigenvalue weighted by Crippen LogP contribution is -2.50. The fraction of sp³-hybridized carbons (Fsp3) is 0.242. The van der Waals surface area contributed by atoms with Crippen molar-refractivity contribution in [1.82, 2.24) is 9.80 Å². The molecule has 9 nitrogen and oxygen atoms in total. The standard InChI is InChI=1S/C33H35N2O7P/c36-31-29(20-24-16-18-28(19-17-24)41-23-42-43(39)40)34(21-25-10-4-1-5-11-25)33(38)35(22-26-12-6-2-7-13-26)30(32(31)37)27-14-8-3-9-15-27/h1-19,29-32,36-37,43H,20-23H2,(H,39,40)/t29-,30?,31+,32+/m1/s1. The van der Waals surface area contributed by atoms with Gasteiger partial charge in [-0.3, -0.25) is 9.09 Å². The Morgan fingerprint density at radius 1 is 0.674 bits per heavy atom. The van der Waals surface area contributed by atoms with Crippen molar-refractivity contribution in [2.45, 2.75) is 43.8 Å². The molecular formula is C33H35N2O7P. The zero-order valence-electron chi connectivity index (χ0n) is 23.5. The van der Waals surface area contributed by atoms with Crippen LogP contribution in [0.3, 0.4) is 0 Å². The van der Waals surface area contributed by atoms with Crippen molar-refractivity contribution in [3.63, 3.8) is 0 Å². The van der Waals surface area contributed by atoms with Crippen LogP contribution in [0.15, 0.2) is 115 Å². The first-order valence-electron chi connectivity index (χ1n) is 14.0. The molecule has 0 spiro atoms. The van der Waals surface area contributed by atoms with Gasteiger partial charge in [0.1, 0.15) is 18.0 Å². The molecule has 43 heavy (non-hydrogen) atoms. The molecule has 4 aromatic carbocycles. The smallest absolute Gasteiger partial charge is 0.321 e. The normalized spacial score (nSPS) is 21.3. The van der Waals surface area contributed by atoms with E-state index in [1.54, 1.807) is 34.1 Å². The van der Waals surface area contributed by atoms with Crippen LogP contribution in [0.25, 0.3) is 0 Å². The number of urea groups is 1. The Labute approximate surface area is 251 Å². The lowest BCUT2D eigenvalue weighted by Gasteiger charge is -2.36. The molecule has 224 valence electrons. The molecule has 3 N–H and O–H groups in total. The molecule has 0 aromatic heterocycles. The molecule has 1 heterocycles. The maximum absolute atomic E-state index is 14.6. The predicted molar refractivity (Wildman–Crippen MR) is 162 cm³/mol. The zero-order chi connectivity index (χ0) is 30.2. The minimum absolute atomic E-state index is 0.236. The van der Waals surface area contributed by atoms with Crippen molar-refractivity contribution < 1.29 is 33.7 Å². The average Bonchev–Trinajstić information content (AvgIpc) is 3.09. The van der Waals surface area contributed by atoms with Crippen LogP contribution < -0.4 is 4.74 Å². The molecule has 0 saturated carbocycles. The third-order valence-electron chi connectivity index (χ3n) is 7.60. The van der Waals surface area contributed by atoms with E-state index in [0.717, 1.165) is 22.3 Å². The highest BCUT2D eigenvalue weighted by molar-refractivity contribution is 7.32. The van der Waals surface area contributed by atoms with E-state index >= 15 is 0 Å². The van der Waals surface area contributed by atoms with Crippen molar-refractivity contribution >= 4 is 14.3 Å². The Balaban J connectivity index is 1.51. The number of aliphatic hydroxyl groups is 2. The fourth-order valence-corrected chi connectivity index (χ4v) is 5.65. The summed E-state index contributed by atoms with van der Waals surface area (Å²) in [6, 6.07) is 33.6. The maximum atomic E-state index is 14.6. The van der Waals surface area contributed by atoms with Crippen molar-refractivity contribution in [2.75, 3.05) is 6.79 Å². The summed E-state index contributed by atoms with van der Waals surface area (Å²) in [5.41, 5.74) is 3.33. The van der Waals surface area contributed by atoms with Crippen LogP contribution in [-0.4, -0.2) is 56.0 Å². The van der Waals surface area contributed by atoms with Gasteiger partial charge in [0, 0.05) is 13.1 Å². The van der Waals surface area contributed by atoms with Crippen LogP contribution >= 0.6 is 8.25 Å². The Morgan fingerprint density at radius 3 is 1.77 bits per heavy atom. The molecule has 2 amide bonds. The highest BCUT2D eigenvalue weighted by atomic mass is 31.1. The first kappa shape index (κ1) is 30.5. The van der Waals surface area contributed by atoms with Crippen molar-refractivity contribution in [1.29, 1.82) is 0 Å². The number of carbonyl (C=O) groups is 1. The summed E-state index contributed by atoms with van der Waals surface area (Å²) < 4.78 is 20.7. The number of nitrogens with zero attached hydrogens (tertiary/aromatic N) is 2. The zero-order valence-corrected chi connectivity index (χ0v) is 24.5. The van der Waals surface area contributed by atoms with Gasteiger partial charge >= 0.3 is 14.3 Å². The Bertz CT molecular complexity index is 1480. The summed E-state index contributed by atoms with van der Waals surface area (Å²) in [5.74, 6) is 0.434. The van der Waals surface area contributed by atoms with Crippen LogP contribution in [0.2, 0.25) is 0 Å². The second-order valence-corrected chi connectivity index (χ2v) is 11.3. The van der Waals surface area contributed by atoms with E-state index in [2.05, 4.69) is 4.52 Å². The van der Waals surface area contributed by atoms with E-state index in [9.17, 15) is 19.6 Å². The van der Waals surface area contributed by atoms with Gasteiger partial charge in [-0.15, -0.1) is 0 Å². The van der Waals surface area contributed by atoms with Gasteiger partial charge in [0.05, 0.1) is 12.1 Å². The number of rotatable bonds is 11. The van der Waals surface area contributed by atoms with Gasteiger partial charge in [-0.25, -0.2) is 4.79 Å². The van der Waals surface area contributed by atoms with E-state index in [0.29, 0.717) is 5.75 Å². The van der Waals surface area contributed by atoms with Gasteiger partial charge in [0.2, 0.25) is 0 Å². The van der Waals surface area contributed by atoms with Crippen LogP contribution in [-0.2, 0) is 28.6 Å². The molecule has 2 unspecified atom stereocenters. The summed E-state index contributed by atoms with van der Waals surface area (Å²) in [4.78, 5) is 26.8. The summed E-state index contributed by atoms with van der Waals surface area (Å²) in [5, 5.41) is 23.6. The largest absolute Gasteiger partial charge is 0.467 e. The van der Waals surface area contributed by atoms with Crippen LogP contribution in [0, 0.1) is 0 Å². The predicted octanol–water partition coefficient (Wildman–Crippen LogP) is 4.93. The maximum Gasteiger partial charge on any atom is 0.321 e. The van der Waals surface area contributed by atoms with Gasteiger partial charge in [0.25, 0.3) is 0 Å².